The van der Waals surface area contributed by atoms with E-state index >= 15 is 0 Å². The average Bonchev–Trinajstić information content (AvgIpc) is 3.08. The van der Waals surface area contributed by atoms with Gasteiger partial charge in [0, 0.05) is 25.6 Å². The molecule has 1 rings (SSSR count). The monoisotopic (exact) mass is 352 g/mol. The minimum absolute atomic E-state index is 0.475. The highest BCUT2D eigenvalue weighted by Gasteiger charge is 2.05. The molecule has 0 aliphatic heterocycles. The molecular weight excluding hydrogens is 316 g/mol. The molecule has 1 aromatic rings. The van der Waals surface area contributed by atoms with Gasteiger partial charge in [0.25, 0.3) is 0 Å². The van der Waals surface area contributed by atoms with Crippen LogP contribution in [0.3, 0.4) is 0 Å². The Morgan fingerprint density at radius 3 is 2.58 bits per heavy atom. The van der Waals surface area contributed by atoms with Crippen molar-refractivity contribution >= 4 is 17.3 Å². The standard InChI is InChI=1S/C19H36N4S/c1-5-20-19(22-15-17(2)18-11-14-24-16-18)21-12-9-7-6-8-10-13-23(3)4/h11,14,16-17H,5-10,12-13,15H2,1-4H3,(H2,20,21,22). The third-order valence-corrected chi connectivity index (χ3v) is 4.76. The predicted octanol–water partition coefficient (Wildman–Crippen LogP) is 3.92. The molecule has 0 saturated heterocycles. The van der Waals surface area contributed by atoms with Crippen LogP contribution in [0.5, 0.6) is 0 Å². The van der Waals surface area contributed by atoms with Crippen LogP contribution in [0.4, 0.5) is 0 Å². The number of nitrogens with zero attached hydrogens (tertiary/aromatic N) is 2. The van der Waals surface area contributed by atoms with Crippen molar-refractivity contribution in [1.82, 2.24) is 15.5 Å². The molecule has 0 aliphatic carbocycles. The van der Waals surface area contributed by atoms with Gasteiger partial charge in [0.05, 0.1) is 0 Å². The SMILES string of the molecule is CCNC(=NCC(C)c1ccsc1)NCCCCCCCN(C)C. The van der Waals surface area contributed by atoms with Crippen molar-refractivity contribution in [2.45, 2.75) is 51.9 Å². The maximum absolute atomic E-state index is 4.73. The fraction of sp³-hybridized carbons (Fsp3) is 0.737. The quantitative estimate of drug-likeness (QED) is 0.340. The molecule has 0 radical (unpaired) electrons. The molecule has 0 bridgehead atoms. The first-order chi connectivity index (χ1) is 11.6. The van der Waals surface area contributed by atoms with Crippen LogP contribution in [0.15, 0.2) is 21.8 Å². The van der Waals surface area contributed by atoms with E-state index in [1.54, 1.807) is 11.3 Å². The Bertz CT molecular complexity index is 429. The normalized spacial score (nSPS) is 13.3. The third kappa shape index (κ3) is 9.93. The summed E-state index contributed by atoms with van der Waals surface area (Å²) in [6.07, 6.45) is 6.49. The van der Waals surface area contributed by atoms with E-state index in [1.165, 1.54) is 44.2 Å². The zero-order valence-electron chi connectivity index (χ0n) is 16.0. The van der Waals surface area contributed by atoms with Gasteiger partial charge in [-0.1, -0.05) is 26.2 Å². The lowest BCUT2D eigenvalue weighted by Crippen LogP contribution is -2.38. The van der Waals surface area contributed by atoms with Gasteiger partial charge in [0.15, 0.2) is 5.96 Å². The molecule has 4 nitrogen and oxygen atoms in total. The second-order valence-corrected chi connectivity index (χ2v) is 7.46. The topological polar surface area (TPSA) is 39.7 Å². The van der Waals surface area contributed by atoms with Gasteiger partial charge in [0.2, 0.25) is 0 Å². The van der Waals surface area contributed by atoms with Crippen molar-refractivity contribution in [2.75, 3.05) is 40.3 Å². The number of hydrogen-bond donors (Lipinski definition) is 2. The van der Waals surface area contributed by atoms with E-state index < -0.39 is 0 Å². The molecule has 0 amide bonds. The van der Waals surface area contributed by atoms with Gasteiger partial charge in [-0.2, -0.15) is 11.3 Å². The van der Waals surface area contributed by atoms with Crippen LogP contribution in [0, 0.1) is 0 Å². The summed E-state index contributed by atoms with van der Waals surface area (Å²) in [5.41, 5.74) is 1.39. The van der Waals surface area contributed by atoms with Crippen molar-refractivity contribution < 1.29 is 0 Å². The maximum atomic E-state index is 4.73. The maximum Gasteiger partial charge on any atom is 0.191 e. The zero-order valence-corrected chi connectivity index (χ0v) is 16.8. The van der Waals surface area contributed by atoms with Crippen LogP contribution in [0.1, 0.15) is 57.4 Å². The summed E-state index contributed by atoms with van der Waals surface area (Å²) in [5, 5.41) is 11.2. The Labute approximate surface area is 152 Å². The minimum atomic E-state index is 0.475. The largest absolute Gasteiger partial charge is 0.357 e. The Balaban J connectivity index is 2.17. The van der Waals surface area contributed by atoms with Crippen LogP contribution in [-0.2, 0) is 0 Å². The Kier molecular flexibility index (Phi) is 11.6. The van der Waals surface area contributed by atoms with E-state index in [0.29, 0.717) is 5.92 Å². The summed E-state index contributed by atoms with van der Waals surface area (Å²) in [6.45, 7) is 8.30. The van der Waals surface area contributed by atoms with E-state index in [-0.39, 0.29) is 0 Å². The minimum Gasteiger partial charge on any atom is -0.357 e. The van der Waals surface area contributed by atoms with Gasteiger partial charge >= 0.3 is 0 Å². The molecule has 0 saturated carbocycles. The molecule has 1 heterocycles. The molecule has 138 valence electrons. The molecule has 1 aromatic heterocycles. The smallest absolute Gasteiger partial charge is 0.191 e. The van der Waals surface area contributed by atoms with Crippen molar-refractivity contribution in [3.63, 3.8) is 0 Å². The van der Waals surface area contributed by atoms with E-state index in [0.717, 1.165) is 25.6 Å². The van der Waals surface area contributed by atoms with Gasteiger partial charge in [-0.25, -0.2) is 0 Å². The van der Waals surface area contributed by atoms with Crippen molar-refractivity contribution in [3.05, 3.63) is 22.4 Å². The third-order valence-electron chi connectivity index (χ3n) is 4.05. The molecule has 2 N–H and O–H groups in total. The summed E-state index contributed by atoms with van der Waals surface area (Å²) in [5.74, 6) is 1.43. The molecule has 0 aliphatic rings. The van der Waals surface area contributed by atoms with E-state index in [9.17, 15) is 0 Å². The van der Waals surface area contributed by atoms with Gasteiger partial charge in [-0.3, -0.25) is 4.99 Å². The fourth-order valence-corrected chi connectivity index (χ4v) is 3.30. The van der Waals surface area contributed by atoms with Gasteiger partial charge in [0.1, 0.15) is 0 Å². The average molecular weight is 353 g/mol. The second-order valence-electron chi connectivity index (χ2n) is 6.68. The number of aliphatic imine (C=N–C) groups is 1. The van der Waals surface area contributed by atoms with Crippen LogP contribution in [0.25, 0.3) is 0 Å². The molecular formula is C19H36N4S. The van der Waals surface area contributed by atoms with Crippen LogP contribution >= 0.6 is 11.3 Å². The van der Waals surface area contributed by atoms with Crippen LogP contribution in [0.2, 0.25) is 0 Å². The zero-order chi connectivity index (χ0) is 17.6. The van der Waals surface area contributed by atoms with Crippen molar-refractivity contribution in [2.24, 2.45) is 4.99 Å². The number of unbranched alkanes of at least 4 members (excludes halogenated alkanes) is 4. The van der Waals surface area contributed by atoms with E-state index in [1.807, 2.05) is 0 Å². The van der Waals surface area contributed by atoms with Crippen molar-refractivity contribution in [1.29, 1.82) is 0 Å². The number of nitrogens with one attached hydrogen (secondary N) is 2. The van der Waals surface area contributed by atoms with E-state index in [4.69, 9.17) is 4.99 Å². The summed E-state index contributed by atoms with van der Waals surface area (Å²) in [7, 11) is 4.29. The summed E-state index contributed by atoms with van der Waals surface area (Å²) in [6, 6.07) is 2.20. The molecule has 0 spiro atoms. The van der Waals surface area contributed by atoms with Gasteiger partial charge in [-0.15, -0.1) is 0 Å². The Morgan fingerprint density at radius 1 is 1.17 bits per heavy atom. The second kappa shape index (κ2) is 13.2. The molecule has 0 fully saturated rings. The highest BCUT2D eigenvalue weighted by atomic mass is 32.1. The Morgan fingerprint density at radius 2 is 1.92 bits per heavy atom. The molecule has 0 aromatic carbocycles. The lowest BCUT2D eigenvalue weighted by atomic mass is 10.1. The number of guanidine groups is 1. The van der Waals surface area contributed by atoms with Crippen LogP contribution < -0.4 is 10.6 Å². The molecule has 1 unspecified atom stereocenters. The first-order valence-corrected chi connectivity index (χ1v) is 10.3. The number of hydrogen-bond acceptors (Lipinski definition) is 3. The Hall–Kier alpha value is -1.07. The van der Waals surface area contributed by atoms with Crippen LogP contribution in [-0.4, -0.2) is 51.1 Å². The highest BCUT2D eigenvalue weighted by molar-refractivity contribution is 7.07. The molecule has 5 heteroatoms. The fourth-order valence-electron chi connectivity index (χ4n) is 2.52. The highest BCUT2D eigenvalue weighted by Crippen LogP contribution is 2.18. The van der Waals surface area contributed by atoms with Gasteiger partial charge < -0.3 is 15.5 Å². The first-order valence-electron chi connectivity index (χ1n) is 9.32. The van der Waals surface area contributed by atoms with Gasteiger partial charge in [-0.05, 0) is 62.8 Å². The van der Waals surface area contributed by atoms with Crippen molar-refractivity contribution in [3.8, 4) is 0 Å². The van der Waals surface area contributed by atoms with E-state index in [2.05, 4.69) is 60.3 Å². The number of thiophene rings is 1. The molecule has 24 heavy (non-hydrogen) atoms. The predicted molar refractivity (Wildman–Crippen MR) is 108 cm³/mol. The number of rotatable bonds is 12. The summed E-state index contributed by atoms with van der Waals surface area (Å²) >= 11 is 1.76. The lowest BCUT2D eigenvalue weighted by Gasteiger charge is -2.13. The molecule has 1 atom stereocenters. The summed E-state index contributed by atoms with van der Waals surface area (Å²) < 4.78 is 0. The lowest BCUT2D eigenvalue weighted by molar-refractivity contribution is 0.389. The first kappa shape index (κ1) is 21.0. The summed E-state index contributed by atoms with van der Waals surface area (Å²) in [4.78, 5) is 6.99.